The fraction of sp³-hybridized carbons (Fsp3) is 0.350. The number of hydrogen-bond donors (Lipinski definition) is 0. The van der Waals surface area contributed by atoms with Gasteiger partial charge in [-0.05, 0) is 48.6 Å². The zero-order valence-electron chi connectivity index (χ0n) is 13.1. The normalized spacial score (nSPS) is 15.5. The Morgan fingerprint density at radius 3 is 2.26 bits per heavy atom. The summed E-state index contributed by atoms with van der Waals surface area (Å²) >= 11 is 5.02. The van der Waals surface area contributed by atoms with E-state index in [1.807, 2.05) is 36.4 Å². The monoisotopic (exact) mass is 388 g/mol. The molecule has 0 atom stereocenters. The molecule has 3 rings (SSSR count). The minimum absolute atomic E-state index is 0.202. The van der Waals surface area contributed by atoms with Crippen molar-refractivity contribution >= 4 is 33.5 Å². The van der Waals surface area contributed by atoms with Crippen molar-refractivity contribution in [2.24, 2.45) is 0 Å². The zero-order valence-corrected chi connectivity index (χ0v) is 15.5. The van der Waals surface area contributed by atoms with Crippen molar-refractivity contribution in [3.8, 4) is 0 Å². The Labute approximate surface area is 151 Å². The molecule has 2 aromatic rings. The second-order valence-electron chi connectivity index (χ2n) is 6.12. The predicted molar refractivity (Wildman–Crippen MR) is 101 cm³/mol. The van der Waals surface area contributed by atoms with Gasteiger partial charge in [0.05, 0.1) is 5.75 Å². The minimum Gasteiger partial charge on any atom is -0.293 e. The maximum atomic E-state index is 12.3. The summed E-state index contributed by atoms with van der Waals surface area (Å²) in [4.78, 5) is 13.5. The largest absolute Gasteiger partial charge is 0.293 e. The van der Waals surface area contributed by atoms with Crippen LogP contribution in [0.1, 0.15) is 53.9 Å². The molecular weight excluding hydrogens is 368 g/mol. The van der Waals surface area contributed by atoms with E-state index >= 15 is 0 Å². The predicted octanol–water partition coefficient (Wildman–Crippen LogP) is 6.47. The number of benzene rings is 2. The van der Waals surface area contributed by atoms with E-state index in [-0.39, 0.29) is 5.78 Å². The minimum atomic E-state index is 0.202. The molecule has 0 bridgehead atoms. The lowest BCUT2D eigenvalue weighted by Crippen LogP contribution is -2.06. The lowest BCUT2D eigenvalue weighted by Gasteiger charge is -2.22. The Balaban J connectivity index is 1.57. The Bertz CT molecular complexity index is 642. The molecule has 23 heavy (non-hydrogen) atoms. The lowest BCUT2D eigenvalue weighted by atomic mass is 9.84. The van der Waals surface area contributed by atoms with Gasteiger partial charge in [0.15, 0.2) is 5.78 Å². The molecule has 1 saturated carbocycles. The molecular formula is C20H21BrOS. The Hall–Kier alpha value is -1.06. The Morgan fingerprint density at radius 1 is 0.957 bits per heavy atom. The van der Waals surface area contributed by atoms with Crippen LogP contribution >= 0.6 is 27.7 Å². The maximum absolute atomic E-state index is 12.3. The first-order valence-corrected chi connectivity index (χ1v) is 10.0. The molecule has 0 heterocycles. The van der Waals surface area contributed by atoms with Gasteiger partial charge in [-0.1, -0.05) is 59.5 Å². The van der Waals surface area contributed by atoms with E-state index in [1.54, 1.807) is 11.8 Å². The summed E-state index contributed by atoms with van der Waals surface area (Å²) in [5, 5.41) is 0. The van der Waals surface area contributed by atoms with E-state index in [2.05, 4.69) is 28.1 Å². The van der Waals surface area contributed by atoms with Gasteiger partial charge in [0.2, 0.25) is 0 Å². The molecule has 2 aromatic carbocycles. The highest BCUT2D eigenvalue weighted by atomic mass is 79.9. The molecule has 0 unspecified atom stereocenters. The average molecular weight is 389 g/mol. The summed E-state index contributed by atoms with van der Waals surface area (Å²) in [6.07, 6.45) is 6.66. The number of carbonyl (C=O) groups is 1. The summed E-state index contributed by atoms with van der Waals surface area (Å²) < 4.78 is 1.06. The second kappa shape index (κ2) is 8.16. The van der Waals surface area contributed by atoms with E-state index in [9.17, 15) is 4.79 Å². The van der Waals surface area contributed by atoms with Gasteiger partial charge in [0, 0.05) is 14.9 Å². The van der Waals surface area contributed by atoms with Crippen LogP contribution in [0.2, 0.25) is 0 Å². The van der Waals surface area contributed by atoms with Crippen LogP contribution in [-0.2, 0) is 0 Å². The summed E-state index contributed by atoms with van der Waals surface area (Å²) in [5.74, 6) is 1.39. The van der Waals surface area contributed by atoms with Crippen LogP contribution in [0.3, 0.4) is 0 Å². The van der Waals surface area contributed by atoms with Crippen LogP contribution in [0, 0.1) is 0 Å². The fourth-order valence-electron chi connectivity index (χ4n) is 3.14. The molecule has 0 radical (unpaired) electrons. The quantitative estimate of drug-likeness (QED) is 0.431. The Kier molecular flexibility index (Phi) is 5.96. The van der Waals surface area contributed by atoms with Gasteiger partial charge in [0.1, 0.15) is 0 Å². The van der Waals surface area contributed by atoms with Gasteiger partial charge in [-0.2, -0.15) is 0 Å². The molecule has 120 valence electrons. The summed E-state index contributed by atoms with van der Waals surface area (Å²) in [6.45, 7) is 0. The van der Waals surface area contributed by atoms with E-state index < -0.39 is 0 Å². The van der Waals surface area contributed by atoms with Crippen molar-refractivity contribution < 1.29 is 4.79 Å². The fourth-order valence-corrected chi connectivity index (χ4v) is 4.20. The lowest BCUT2D eigenvalue weighted by molar-refractivity contribution is 0.102. The highest BCUT2D eigenvalue weighted by molar-refractivity contribution is 9.10. The van der Waals surface area contributed by atoms with Gasteiger partial charge < -0.3 is 0 Å². The molecule has 0 spiro atoms. The van der Waals surface area contributed by atoms with E-state index in [4.69, 9.17) is 0 Å². The molecule has 1 aliphatic carbocycles. The smallest absolute Gasteiger partial charge is 0.173 e. The van der Waals surface area contributed by atoms with E-state index in [0.717, 1.165) is 14.9 Å². The number of carbonyl (C=O) groups excluding carboxylic acids is 1. The van der Waals surface area contributed by atoms with Crippen LogP contribution in [0.25, 0.3) is 0 Å². The van der Waals surface area contributed by atoms with Crippen LogP contribution in [0.4, 0.5) is 0 Å². The highest BCUT2D eigenvalue weighted by Crippen LogP contribution is 2.32. The van der Waals surface area contributed by atoms with Crippen molar-refractivity contribution in [1.82, 2.24) is 0 Å². The SMILES string of the molecule is O=C(CSc1ccc(Br)cc1)c1ccc(C2CCCCC2)cc1. The first-order chi connectivity index (χ1) is 11.2. The van der Waals surface area contributed by atoms with Crippen LogP contribution in [0.5, 0.6) is 0 Å². The van der Waals surface area contributed by atoms with Crippen LogP contribution < -0.4 is 0 Å². The number of hydrogen-bond acceptors (Lipinski definition) is 2. The van der Waals surface area contributed by atoms with Crippen molar-refractivity contribution in [3.63, 3.8) is 0 Å². The van der Waals surface area contributed by atoms with Gasteiger partial charge >= 0.3 is 0 Å². The van der Waals surface area contributed by atoms with Crippen LogP contribution in [0.15, 0.2) is 57.9 Å². The number of ketones is 1. The summed E-state index contributed by atoms with van der Waals surface area (Å²) in [7, 11) is 0. The van der Waals surface area contributed by atoms with Crippen molar-refractivity contribution in [2.75, 3.05) is 5.75 Å². The van der Waals surface area contributed by atoms with Gasteiger partial charge in [-0.3, -0.25) is 4.79 Å². The summed E-state index contributed by atoms with van der Waals surface area (Å²) in [5.41, 5.74) is 2.23. The number of rotatable bonds is 5. The first-order valence-electron chi connectivity index (χ1n) is 8.24. The average Bonchev–Trinajstić information content (AvgIpc) is 2.62. The molecule has 1 aliphatic rings. The number of Topliss-reactive ketones (excluding diaryl/α,β-unsaturated/α-hetero) is 1. The molecule has 0 amide bonds. The summed E-state index contributed by atoms with van der Waals surface area (Å²) in [6, 6.07) is 16.4. The van der Waals surface area contributed by atoms with E-state index in [1.165, 1.54) is 37.7 Å². The van der Waals surface area contributed by atoms with Gasteiger partial charge in [-0.15, -0.1) is 11.8 Å². The zero-order chi connectivity index (χ0) is 16.1. The van der Waals surface area contributed by atoms with Crippen molar-refractivity contribution in [3.05, 3.63) is 64.1 Å². The third-order valence-corrected chi connectivity index (χ3v) is 6.03. The molecule has 0 aromatic heterocycles. The number of halogens is 1. The Morgan fingerprint density at radius 2 is 1.61 bits per heavy atom. The molecule has 0 saturated heterocycles. The van der Waals surface area contributed by atoms with E-state index in [0.29, 0.717) is 11.7 Å². The van der Waals surface area contributed by atoms with Crippen molar-refractivity contribution in [2.45, 2.75) is 42.9 Å². The van der Waals surface area contributed by atoms with Gasteiger partial charge in [-0.25, -0.2) is 0 Å². The third kappa shape index (κ3) is 4.71. The molecule has 1 fully saturated rings. The molecule has 1 nitrogen and oxygen atoms in total. The molecule has 0 aliphatic heterocycles. The first kappa shape index (κ1) is 16.8. The number of thioether (sulfide) groups is 1. The molecule has 3 heteroatoms. The highest BCUT2D eigenvalue weighted by Gasteiger charge is 2.16. The van der Waals surface area contributed by atoms with Gasteiger partial charge in [0.25, 0.3) is 0 Å². The third-order valence-electron chi connectivity index (χ3n) is 4.49. The van der Waals surface area contributed by atoms with Crippen molar-refractivity contribution in [1.29, 1.82) is 0 Å². The maximum Gasteiger partial charge on any atom is 0.173 e. The standard InChI is InChI=1S/C20H21BrOS/c21-18-10-12-19(13-11-18)23-14-20(22)17-8-6-16(7-9-17)15-4-2-1-3-5-15/h6-13,15H,1-5,14H2. The van der Waals surface area contributed by atoms with Crippen LogP contribution in [-0.4, -0.2) is 11.5 Å². The topological polar surface area (TPSA) is 17.1 Å². The second-order valence-corrected chi connectivity index (χ2v) is 8.09. The molecule has 0 N–H and O–H groups in total.